The fourth-order valence-corrected chi connectivity index (χ4v) is 6.48. The summed E-state index contributed by atoms with van der Waals surface area (Å²) in [4.78, 5) is 29.0. The molecule has 0 atom stereocenters. The quantitative estimate of drug-likeness (QED) is 0.669. The van der Waals surface area contributed by atoms with Crippen LogP contribution < -0.4 is 9.64 Å². The van der Waals surface area contributed by atoms with Gasteiger partial charge in [0.25, 0.3) is 5.91 Å². The third-order valence-corrected chi connectivity index (χ3v) is 8.48. The first-order valence-corrected chi connectivity index (χ1v) is 12.8. The monoisotopic (exact) mass is 469 g/mol. The normalized spacial score (nSPS) is 18.4. The maximum Gasteiger partial charge on any atom is 0.257 e. The van der Waals surface area contributed by atoms with Gasteiger partial charge in [-0.2, -0.15) is 4.31 Å². The van der Waals surface area contributed by atoms with Crippen LogP contribution in [0.2, 0.25) is 0 Å². The second-order valence-corrected chi connectivity index (χ2v) is 10.4. The highest BCUT2D eigenvalue weighted by Crippen LogP contribution is 2.39. The zero-order valence-electron chi connectivity index (χ0n) is 18.6. The predicted octanol–water partition coefficient (Wildman–Crippen LogP) is 2.07. The van der Waals surface area contributed by atoms with Crippen molar-refractivity contribution in [2.45, 2.75) is 31.1 Å². The van der Waals surface area contributed by atoms with Gasteiger partial charge in [0.2, 0.25) is 15.9 Å². The Kier molecular flexibility index (Phi) is 5.62. The fraction of sp³-hybridized carbons (Fsp3) is 0.417. The number of rotatable bonds is 5. The summed E-state index contributed by atoms with van der Waals surface area (Å²) in [6.45, 7) is 4.06. The van der Waals surface area contributed by atoms with Crippen LogP contribution in [0, 0.1) is 0 Å². The Morgan fingerprint density at radius 2 is 1.67 bits per heavy atom. The summed E-state index contributed by atoms with van der Waals surface area (Å²) >= 11 is 0. The number of hydrogen-bond acceptors (Lipinski definition) is 5. The van der Waals surface area contributed by atoms with Crippen molar-refractivity contribution in [2.24, 2.45) is 0 Å². The predicted molar refractivity (Wildman–Crippen MR) is 123 cm³/mol. The third kappa shape index (κ3) is 3.79. The van der Waals surface area contributed by atoms with Crippen molar-refractivity contribution < 1.29 is 22.7 Å². The van der Waals surface area contributed by atoms with Gasteiger partial charge in [0, 0.05) is 39.1 Å². The molecule has 3 heterocycles. The largest absolute Gasteiger partial charge is 0.493 e. The number of carbonyl (C=O) groups excluding carboxylic acids is 2. The van der Waals surface area contributed by atoms with Crippen LogP contribution in [0.25, 0.3) is 0 Å². The molecule has 3 aliphatic rings. The molecular weight excluding hydrogens is 442 g/mol. The van der Waals surface area contributed by atoms with Crippen LogP contribution in [-0.4, -0.2) is 68.8 Å². The molecule has 8 nitrogen and oxygen atoms in total. The summed E-state index contributed by atoms with van der Waals surface area (Å²) in [6, 6.07) is 10.6. The number of sulfonamides is 1. The summed E-state index contributed by atoms with van der Waals surface area (Å²) in [5, 5.41) is 0. The summed E-state index contributed by atoms with van der Waals surface area (Å²) in [7, 11) is -3.69. The highest BCUT2D eigenvalue weighted by Gasteiger charge is 2.36. The van der Waals surface area contributed by atoms with Crippen LogP contribution in [0.4, 0.5) is 5.69 Å². The minimum absolute atomic E-state index is 0.114. The van der Waals surface area contributed by atoms with Gasteiger partial charge >= 0.3 is 0 Å². The highest BCUT2D eigenvalue weighted by atomic mass is 32.2. The number of piperazine rings is 1. The Labute approximate surface area is 193 Å². The molecule has 2 aromatic rings. The number of carbonyl (C=O) groups is 2. The maximum absolute atomic E-state index is 13.4. The number of amides is 2. The molecule has 0 aromatic heterocycles. The standard InChI is InChI=1S/C24H27N3O5S/c1-2-32-21-6-4-3-5-20(21)24(29)25-11-13-26(14-12-25)33(30,31)19-15-17-7-8-22(28)27-10-9-18(16-19)23(17)27/h3-6,15-16H,2,7-14H2,1H3. The van der Waals surface area contributed by atoms with Crippen LogP contribution in [0.1, 0.15) is 34.8 Å². The molecule has 0 aliphatic carbocycles. The molecule has 5 rings (SSSR count). The Hall–Kier alpha value is -2.91. The van der Waals surface area contributed by atoms with Gasteiger partial charge in [-0.05, 0) is 55.2 Å². The topological polar surface area (TPSA) is 87.2 Å². The first-order valence-electron chi connectivity index (χ1n) is 11.4. The van der Waals surface area contributed by atoms with E-state index in [1.807, 2.05) is 13.0 Å². The van der Waals surface area contributed by atoms with Crippen molar-refractivity contribution >= 4 is 27.5 Å². The summed E-state index contributed by atoms with van der Waals surface area (Å²) in [5.74, 6) is 0.506. The van der Waals surface area contributed by atoms with E-state index < -0.39 is 10.0 Å². The zero-order chi connectivity index (χ0) is 23.2. The zero-order valence-corrected chi connectivity index (χ0v) is 19.4. The molecule has 174 valence electrons. The van der Waals surface area contributed by atoms with E-state index in [9.17, 15) is 18.0 Å². The molecule has 33 heavy (non-hydrogen) atoms. The van der Waals surface area contributed by atoms with Crippen molar-refractivity contribution in [3.63, 3.8) is 0 Å². The number of benzene rings is 2. The average Bonchev–Trinajstić information content (AvgIpc) is 3.27. The molecule has 0 spiro atoms. The van der Waals surface area contributed by atoms with Gasteiger partial charge in [0.05, 0.1) is 22.8 Å². The maximum atomic E-state index is 13.4. The van der Waals surface area contributed by atoms with Crippen LogP contribution in [0.15, 0.2) is 41.3 Å². The minimum atomic E-state index is -3.69. The minimum Gasteiger partial charge on any atom is -0.493 e. The van der Waals surface area contributed by atoms with Crippen LogP contribution in [-0.2, 0) is 27.7 Å². The molecule has 1 fully saturated rings. The molecule has 2 amide bonds. The Morgan fingerprint density at radius 3 is 2.39 bits per heavy atom. The van der Waals surface area contributed by atoms with E-state index in [-0.39, 0.29) is 29.8 Å². The number of aryl methyl sites for hydroxylation is 1. The van der Waals surface area contributed by atoms with Gasteiger partial charge in [-0.3, -0.25) is 9.59 Å². The molecule has 0 bridgehead atoms. The number of para-hydroxylation sites is 1. The van der Waals surface area contributed by atoms with Crippen LogP contribution in [0.3, 0.4) is 0 Å². The molecule has 0 radical (unpaired) electrons. The SMILES string of the molecule is CCOc1ccccc1C(=O)N1CCN(S(=O)(=O)c2cc3c4c(c2)CCN4C(=O)CC3)CC1. The Bertz CT molecular complexity index is 1220. The summed E-state index contributed by atoms with van der Waals surface area (Å²) < 4.78 is 33.9. The third-order valence-electron chi connectivity index (χ3n) is 6.61. The molecular formula is C24H27N3O5S. The first kappa shape index (κ1) is 21.9. The fourth-order valence-electron chi connectivity index (χ4n) is 4.95. The highest BCUT2D eigenvalue weighted by molar-refractivity contribution is 7.89. The second kappa shape index (κ2) is 8.46. The van der Waals surface area contributed by atoms with E-state index in [1.165, 1.54) is 4.31 Å². The van der Waals surface area contributed by atoms with Crippen molar-refractivity contribution in [3.05, 3.63) is 53.1 Å². The number of hydrogen-bond donors (Lipinski definition) is 0. The van der Waals surface area contributed by atoms with Crippen molar-refractivity contribution in [1.29, 1.82) is 0 Å². The van der Waals surface area contributed by atoms with Crippen molar-refractivity contribution in [2.75, 3.05) is 44.2 Å². The van der Waals surface area contributed by atoms with E-state index >= 15 is 0 Å². The van der Waals surface area contributed by atoms with Gasteiger partial charge < -0.3 is 14.5 Å². The molecule has 0 N–H and O–H groups in total. The van der Waals surface area contributed by atoms with E-state index in [0.29, 0.717) is 56.8 Å². The van der Waals surface area contributed by atoms with Crippen LogP contribution in [0.5, 0.6) is 5.75 Å². The summed E-state index contributed by atoms with van der Waals surface area (Å²) in [6.07, 6.45) is 1.67. The molecule has 2 aromatic carbocycles. The lowest BCUT2D eigenvalue weighted by atomic mass is 10.00. The van der Waals surface area contributed by atoms with E-state index in [1.54, 1.807) is 40.1 Å². The van der Waals surface area contributed by atoms with E-state index in [0.717, 1.165) is 16.8 Å². The smallest absolute Gasteiger partial charge is 0.257 e. The summed E-state index contributed by atoms with van der Waals surface area (Å²) in [5.41, 5.74) is 3.27. The van der Waals surface area contributed by atoms with E-state index in [4.69, 9.17) is 4.74 Å². The second-order valence-electron chi connectivity index (χ2n) is 8.51. The van der Waals surface area contributed by atoms with Crippen molar-refractivity contribution in [1.82, 2.24) is 9.21 Å². The van der Waals surface area contributed by atoms with Gasteiger partial charge in [-0.25, -0.2) is 8.42 Å². The molecule has 9 heteroatoms. The lowest BCUT2D eigenvalue weighted by molar-refractivity contribution is -0.118. The van der Waals surface area contributed by atoms with E-state index in [2.05, 4.69) is 0 Å². The van der Waals surface area contributed by atoms with Gasteiger partial charge in [-0.1, -0.05) is 12.1 Å². The Balaban J connectivity index is 1.33. The molecule has 1 saturated heterocycles. The molecule has 0 unspecified atom stereocenters. The average molecular weight is 470 g/mol. The van der Waals surface area contributed by atoms with Gasteiger partial charge in [0.1, 0.15) is 5.75 Å². The van der Waals surface area contributed by atoms with Crippen LogP contribution >= 0.6 is 0 Å². The van der Waals surface area contributed by atoms with Gasteiger partial charge in [-0.15, -0.1) is 0 Å². The number of ether oxygens (including phenoxy) is 1. The Morgan fingerprint density at radius 1 is 0.970 bits per heavy atom. The number of nitrogens with zero attached hydrogens (tertiary/aromatic N) is 3. The lowest BCUT2D eigenvalue weighted by Gasteiger charge is -2.34. The molecule has 0 saturated carbocycles. The van der Waals surface area contributed by atoms with Crippen molar-refractivity contribution in [3.8, 4) is 5.75 Å². The number of anilines is 1. The molecule has 3 aliphatic heterocycles. The lowest BCUT2D eigenvalue weighted by Crippen LogP contribution is -2.50. The van der Waals surface area contributed by atoms with Gasteiger partial charge in [0.15, 0.2) is 0 Å². The first-order chi connectivity index (χ1) is 15.9.